The molecule has 0 spiro atoms. The van der Waals surface area contributed by atoms with Gasteiger partial charge in [0.1, 0.15) is 0 Å². The summed E-state index contributed by atoms with van der Waals surface area (Å²) in [6.07, 6.45) is 0. The molecular weight excluding hydrogens is 412 g/mol. The average molecular weight is 437 g/mol. The van der Waals surface area contributed by atoms with Gasteiger partial charge in [0, 0.05) is 51.9 Å². The minimum absolute atomic E-state index is 0.0584. The van der Waals surface area contributed by atoms with Crippen LogP contribution in [0.15, 0.2) is 46.7 Å². The zero-order valence-electron chi connectivity index (χ0n) is 16.1. The monoisotopic (exact) mass is 436 g/mol. The Morgan fingerprint density at radius 2 is 1.76 bits per heavy atom. The lowest BCUT2D eigenvalue weighted by Crippen LogP contribution is -2.50. The van der Waals surface area contributed by atoms with E-state index in [9.17, 15) is 18.0 Å². The molecule has 0 unspecified atom stereocenters. The van der Waals surface area contributed by atoms with E-state index >= 15 is 0 Å². The van der Waals surface area contributed by atoms with Crippen molar-refractivity contribution in [3.63, 3.8) is 0 Å². The van der Waals surface area contributed by atoms with E-state index in [1.165, 1.54) is 30.4 Å². The molecule has 2 N–H and O–H groups in total. The fourth-order valence-electron chi connectivity index (χ4n) is 3.07. The normalized spacial score (nSPS) is 15.3. The number of benzene rings is 1. The van der Waals surface area contributed by atoms with Gasteiger partial charge in [0.25, 0.3) is 5.91 Å². The number of nitrogens with one attached hydrogen (secondary N) is 2. The fourth-order valence-corrected chi connectivity index (χ4v) is 4.78. The van der Waals surface area contributed by atoms with Gasteiger partial charge in [0.2, 0.25) is 15.9 Å². The van der Waals surface area contributed by atoms with Crippen molar-refractivity contribution in [1.82, 2.24) is 14.5 Å². The number of nitrogens with zero attached hydrogens (tertiary/aromatic N) is 2. The number of thiophene rings is 1. The molecule has 1 aliphatic rings. The molecule has 1 aromatic carbocycles. The van der Waals surface area contributed by atoms with Crippen LogP contribution >= 0.6 is 11.3 Å². The van der Waals surface area contributed by atoms with Gasteiger partial charge in [-0.15, -0.1) is 11.3 Å². The van der Waals surface area contributed by atoms with Gasteiger partial charge in [0.05, 0.1) is 9.77 Å². The first-order valence-electron chi connectivity index (χ1n) is 9.27. The summed E-state index contributed by atoms with van der Waals surface area (Å²) < 4.78 is 27.4. The summed E-state index contributed by atoms with van der Waals surface area (Å²) in [5, 5.41) is 4.49. The van der Waals surface area contributed by atoms with Crippen molar-refractivity contribution >= 4 is 38.9 Å². The van der Waals surface area contributed by atoms with Crippen LogP contribution in [0.4, 0.5) is 5.69 Å². The Morgan fingerprint density at radius 3 is 2.34 bits per heavy atom. The number of rotatable bonds is 7. The highest BCUT2D eigenvalue weighted by molar-refractivity contribution is 7.89. The highest BCUT2D eigenvalue weighted by Crippen LogP contribution is 2.15. The van der Waals surface area contributed by atoms with Crippen molar-refractivity contribution in [3.8, 4) is 0 Å². The van der Waals surface area contributed by atoms with Crippen LogP contribution in [0.25, 0.3) is 0 Å². The highest BCUT2D eigenvalue weighted by atomic mass is 32.2. The largest absolute Gasteiger partial charge is 0.335 e. The third-order valence-electron chi connectivity index (χ3n) is 4.60. The van der Waals surface area contributed by atoms with Crippen LogP contribution in [0.5, 0.6) is 0 Å². The summed E-state index contributed by atoms with van der Waals surface area (Å²) >= 11 is 1.44. The third-order valence-corrected chi connectivity index (χ3v) is 6.93. The lowest BCUT2D eigenvalue weighted by atomic mass is 10.3. The van der Waals surface area contributed by atoms with E-state index in [0.717, 1.165) is 4.88 Å². The van der Waals surface area contributed by atoms with Crippen LogP contribution in [-0.2, 0) is 14.8 Å². The molecule has 0 saturated carbocycles. The number of anilines is 1. The molecule has 29 heavy (non-hydrogen) atoms. The number of sulfonamides is 1. The van der Waals surface area contributed by atoms with Crippen LogP contribution < -0.4 is 10.0 Å². The first kappa shape index (κ1) is 21.4. The Balaban J connectivity index is 1.44. The lowest BCUT2D eigenvalue weighted by Gasteiger charge is -2.34. The molecular formula is C19H24N4O4S2. The minimum Gasteiger partial charge on any atom is -0.335 e. The maximum absolute atomic E-state index is 12.4. The number of carbonyl (C=O) groups is 2. The van der Waals surface area contributed by atoms with Crippen molar-refractivity contribution < 1.29 is 18.0 Å². The first-order chi connectivity index (χ1) is 13.8. The second-order valence-corrected chi connectivity index (χ2v) is 9.43. The van der Waals surface area contributed by atoms with Crippen molar-refractivity contribution in [2.24, 2.45) is 0 Å². The predicted molar refractivity (Wildman–Crippen MR) is 113 cm³/mol. The van der Waals surface area contributed by atoms with Gasteiger partial charge in [-0.05, 0) is 35.7 Å². The van der Waals surface area contributed by atoms with E-state index in [0.29, 0.717) is 38.4 Å². The Morgan fingerprint density at radius 1 is 1.07 bits per heavy atom. The van der Waals surface area contributed by atoms with Gasteiger partial charge in [-0.1, -0.05) is 6.07 Å². The van der Waals surface area contributed by atoms with Crippen molar-refractivity contribution in [1.29, 1.82) is 0 Å². The van der Waals surface area contributed by atoms with Crippen LogP contribution in [-0.4, -0.2) is 69.3 Å². The second-order valence-electron chi connectivity index (χ2n) is 6.71. The van der Waals surface area contributed by atoms with Crippen LogP contribution in [0.3, 0.4) is 0 Å². The number of amides is 2. The summed E-state index contributed by atoms with van der Waals surface area (Å²) in [6.45, 7) is 4.94. The molecule has 1 aromatic heterocycles. The molecule has 3 rings (SSSR count). The standard InChI is InChI=1S/C19H24N4O4S2/c1-15(24)21-16-4-6-17(7-5-16)29(26,27)20-8-9-22-10-12-23(13-11-22)19(25)18-3-2-14-28-18/h2-7,14,20H,8-13H2,1H3,(H,21,24). The van der Waals surface area contributed by atoms with E-state index in [1.54, 1.807) is 12.1 Å². The molecule has 1 aliphatic heterocycles. The molecule has 2 aromatic rings. The quantitative estimate of drug-likeness (QED) is 0.684. The predicted octanol–water partition coefficient (Wildman–Crippen LogP) is 1.44. The topological polar surface area (TPSA) is 98.8 Å². The van der Waals surface area contributed by atoms with Gasteiger partial charge in [0.15, 0.2) is 0 Å². The number of hydrogen-bond donors (Lipinski definition) is 2. The molecule has 0 atom stereocenters. The summed E-state index contributed by atoms with van der Waals surface area (Å²) in [5.41, 5.74) is 0.548. The van der Waals surface area contributed by atoms with Crippen molar-refractivity contribution in [2.75, 3.05) is 44.6 Å². The first-order valence-corrected chi connectivity index (χ1v) is 11.6. The maximum atomic E-state index is 12.4. The van der Waals surface area contributed by atoms with E-state index in [2.05, 4.69) is 14.9 Å². The van der Waals surface area contributed by atoms with Gasteiger partial charge in [-0.25, -0.2) is 13.1 Å². The minimum atomic E-state index is -3.61. The van der Waals surface area contributed by atoms with E-state index in [4.69, 9.17) is 0 Å². The number of piperazine rings is 1. The Kier molecular flexibility index (Phi) is 7.01. The summed E-state index contributed by atoms with van der Waals surface area (Å²) in [7, 11) is -3.61. The lowest BCUT2D eigenvalue weighted by molar-refractivity contribution is -0.114. The van der Waals surface area contributed by atoms with Crippen molar-refractivity contribution in [3.05, 3.63) is 46.7 Å². The molecule has 156 valence electrons. The van der Waals surface area contributed by atoms with Gasteiger partial charge in [-0.3, -0.25) is 14.5 Å². The molecule has 0 aliphatic carbocycles. The molecule has 1 fully saturated rings. The van der Waals surface area contributed by atoms with Crippen LogP contribution in [0.1, 0.15) is 16.6 Å². The highest BCUT2D eigenvalue weighted by Gasteiger charge is 2.23. The summed E-state index contributed by atoms with van der Waals surface area (Å²) in [4.78, 5) is 28.3. The molecule has 10 heteroatoms. The maximum Gasteiger partial charge on any atom is 0.264 e. The SMILES string of the molecule is CC(=O)Nc1ccc(S(=O)(=O)NCCN2CCN(C(=O)c3cccs3)CC2)cc1. The van der Waals surface area contributed by atoms with Gasteiger partial charge in [-0.2, -0.15) is 0 Å². The van der Waals surface area contributed by atoms with E-state index in [1.807, 2.05) is 22.4 Å². The van der Waals surface area contributed by atoms with Crippen LogP contribution in [0.2, 0.25) is 0 Å². The number of carbonyl (C=O) groups excluding carboxylic acids is 2. The third kappa shape index (κ3) is 5.86. The molecule has 0 radical (unpaired) electrons. The molecule has 2 amide bonds. The second kappa shape index (κ2) is 9.49. The fraction of sp³-hybridized carbons (Fsp3) is 0.368. The Hall–Kier alpha value is -2.27. The average Bonchev–Trinajstić information content (AvgIpc) is 3.23. The van der Waals surface area contributed by atoms with Crippen LogP contribution in [0, 0.1) is 0 Å². The summed E-state index contributed by atoms with van der Waals surface area (Å²) in [5.74, 6) is -0.154. The zero-order chi connectivity index (χ0) is 20.9. The smallest absolute Gasteiger partial charge is 0.264 e. The summed E-state index contributed by atoms with van der Waals surface area (Å²) in [6, 6.07) is 9.73. The van der Waals surface area contributed by atoms with E-state index < -0.39 is 10.0 Å². The van der Waals surface area contributed by atoms with E-state index in [-0.39, 0.29) is 23.3 Å². The van der Waals surface area contributed by atoms with Gasteiger partial charge >= 0.3 is 0 Å². The van der Waals surface area contributed by atoms with Crippen molar-refractivity contribution in [2.45, 2.75) is 11.8 Å². The Bertz CT molecular complexity index is 935. The zero-order valence-corrected chi connectivity index (χ0v) is 17.8. The molecule has 8 nitrogen and oxygen atoms in total. The molecule has 2 heterocycles. The Labute approximate surface area is 174 Å². The molecule has 1 saturated heterocycles. The van der Waals surface area contributed by atoms with Gasteiger partial charge < -0.3 is 10.2 Å². The molecule has 0 bridgehead atoms. The number of hydrogen-bond acceptors (Lipinski definition) is 6.